The molecule has 0 spiro atoms. The maximum Gasteiger partial charge on any atom is 0.328 e. The van der Waals surface area contributed by atoms with E-state index in [-0.39, 0.29) is 24.7 Å². The molecular formula is C22H18Cl2FN5O4. The molecule has 12 heteroatoms. The Balaban J connectivity index is 1.62. The third-order valence-corrected chi connectivity index (χ3v) is 5.76. The Kier molecular flexibility index (Phi) is 6.80. The lowest BCUT2D eigenvalue weighted by Gasteiger charge is -2.38. The Labute approximate surface area is 203 Å². The van der Waals surface area contributed by atoms with Crippen molar-refractivity contribution < 1.29 is 23.5 Å². The molecule has 0 saturated carbocycles. The molecule has 0 bridgehead atoms. The highest BCUT2D eigenvalue weighted by atomic mass is 35.5. The molecule has 1 unspecified atom stereocenters. The Morgan fingerprint density at radius 2 is 1.82 bits per heavy atom. The van der Waals surface area contributed by atoms with E-state index >= 15 is 0 Å². The van der Waals surface area contributed by atoms with E-state index in [0.717, 1.165) is 0 Å². The number of esters is 1. The molecule has 1 saturated heterocycles. The zero-order chi connectivity index (χ0) is 24.4. The fraction of sp³-hybridized carbons (Fsp3) is 0.227. The minimum Gasteiger partial charge on any atom is -0.467 e. The summed E-state index contributed by atoms with van der Waals surface area (Å²) in [7, 11) is 1.20. The maximum absolute atomic E-state index is 13.3. The predicted molar refractivity (Wildman–Crippen MR) is 121 cm³/mol. The number of ether oxygens (including phenoxy) is 1. The molecule has 1 fully saturated rings. The number of amides is 2. The normalized spacial score (nSPS) is 14.9. The van der Waals surface area contributed by atoms with Gasteiger partial charge < -0.3 is 9.64 Å². The molecule has 2 amide bonds. The summed E-state index contributed by atoms with van der Waals surface area (Å²) in [5, 5.41) is 8.14. The molecule has 4 rings (SSSR count). The predicted octanol–water partition coefficient (Wildman–Crippen LogP) is 2.67. The number of carbonyl (C=O) groups is 3. The first-order valence-corrected chi connectivity index (χ1v) is 10.8. The highest BCUT2D eigenvalue weighted by molar-refractivity contribution is 6.31. The lowest BCUT2D eigenvalue weighted by atomic mass is 10.0. The lowest BCUT2D eigenvalue weighted by molar-refractivity contribution is -0.154. The van der Waals surface area contributed by atoms with Gasteiger partial charge in [0, 0.05) is 11.4 Å². The molecule has 1 aliphatic heterocycles. The molecule has 2 aromatic carbocycles. The van der Waals surface area contributed by atoms with Crippen LogP contribution in [0, 0.1) is 5.82 Å². The van der Waals surface area contributed by atoms with Gasteiger partial charge in [-0.3, -0.25) is 14.5 Å². The molecule has 9 nitrogen and oxygen atoms in total. The van der Waals surface area contributed by atoms with Gasteiger partial charge in [-0.15, -0.1) is 5.10 Å². The monoisotopic (exact) mass is 505 g/mol. The van der Waals surface area contributed by atoms with Crippen LogP contribution in [-0.4, -0.2) is 63.9 Å². The number of aromatic nitrogens is 3. The van der Waals surface area contributed by atoms with Gasteiger partial charge >= 0.3 is 5.97 Å². The van der Waals surface area contributed by atoms with E-state index in [1.54, 1.807) is 12.1 Å². The second-order valence-electron chi connectivity index (χ2n) is 7.49. The zero-order valence-electron chi connectivity index (χ0n) is 17.8. The summed E-state index contributed by atoms with van der Waals surface area (Å²) in [5.74, 6) is -2.02. The fourth-order valence-corrected chi connectivity index (χ4v) is 4.00. The molecule has 2 heterocycles. The van der Waals surface area contributed by atoms with Crippen molar-refractivity contribution in [2.45, 2.75) is 12.5 Å². The molecule has 34 heavy (non-hydrogen) atoms. The molecule has 3 aromatic rings. The Morgan fingerprint density at radius 3 is 2.47 bits per heavy atom. The molecule has 0 aliphatic carbocycles. The fourth-order valence-electron chi connectivity index (χ4n) is 3.71. The van der Waals surface area contributed by atoms with E-state index in [2.05, 4.69) is 10.3 Å². The average molecular weight is 506 g/mol. The molecule has 176 valence electrons. The van der Waals surface area contributed by atoms with Crippen LogP contribution in [0.1, 0.15) is 5.56 Å². The van der Waals surface area contributed by atoms with E-state index in [4.69, 9.17) is 27.9 Å². The smallest absolute Gasteiger partial charge is 0.328 e. The van der Waals surface area contributed by atoms with Crippen molar-refractivity contribution in [3.8, 4) is 5.69 Å². The Morgan fingerprint density at radius 1 is 1.09 bits per heavy atom. The van der Waals surface area contributed by atoms with Gasteiger partial charge in [0.2, 0.25) is 11.8 Å². The van der Waals surface area contributed by atoms with Gasteiger partial charge in [-0.25, -0.2) is 13.9 Å². The van der Waals surface area contributed by atoms with E-state index in [0.29, 0.717) is 22.0 Å². The van der Waals surface area contributed by atoms with E-state index in [1.165, 1.54) is 58.1 Å². The lowest BCUT2D eigenvalue weighted by Crippen LogP contribution is -2.59. The Hall–Kier alpha value is -3.50. The number of methoxy groups -OCH3 is 1. The van der Waals surface area contributed by atoms with E-state index in [9.17, 15) is 18.8 Å². The zero-order valence-corrected chi connectivity index (χ0v) is 19.3. The van der Waals surface area contributed by atoms with Gasteiger partial charge in [-0.05, 0) is 35.9 Å². The molecule has 0 N–H and O–H groups in total. The first-order chi connectivity index (χ1) is 16.3. The van der Waals surface area contributed by atoms with Crippen molar-refractivity contribution in [1.29, 1.82) is 0 Å². The van der Waals surface area contributed by atoms with Crippen LogP contribution in [0.5, 0.6) is 0 Å². The van der Waals surface area contributed by atoms with Crippen LogP contribution < -0.4 is 4.90 Å². The van der Waals surface area contributed by atoms with Crippen LogP contribution in [0.25, 0.3) is 5.69 Å². The van der Waals surface area contributed by atoms with Crippen molar-refractivity contribution in [3.05, 3.63) is 70.2 Å². The SMILES string of the molecule is COC(=O)C(Cc1ccc(F)cc1)N1CC(=O)N(c2cc(Cl)ccc2-n2cc(Cl)nn2)CC1=O. The first kappa shape index (κ1) is 23.7. The largest absolute Gasteiger partial charge is 0.467 e. The number of carbonyl (C=O) groups excluding carboxylic acids is 3. The molecule has 0 radical (unpaired) electrons. The van der Waals surface area contributed by atoms with Crippen LogP contribution in [-0.2, 0) is 25.5 Å². The van der Waals surface area contributed by atoms with Crippen molar-refractivity contribution in [2.24, 2.45) is 0 Å². The average Bonchev–Trinajstić information content (AvgIpc) is 3.25. The van der Waals surface area contributed by atoms with Gasteiger partial charge in [0.1, 0.15) is 24.9 Å². The summed E-state index contributed by atoms with van der Waals surface area (Å²) in [5.41, 5.74) is 1.38. The number of hydrogen-bond donors (Lipinski definition) is 0. The number of rotatable bonds is 6. The van der Waals surface area contributed by atoms with Crippen LogP contribution in [0.3, 0.4) is 0 Å². The molecular weight excluding hydrogens is 488 g/mol. The highest BCUT2D eigenvalue weighted by Gasteiger charge is 2.39. The number of piperazine rings is 1. The van der Waals surface area contributed by atoms with Crippen molar-refractivity contribution >= 4 is 46.7 Å². The van der Waals surface area contributed by atoms with Gasteiger partial charge in [-0.2, -0.15) is 0 Å². The quantitative estimate of drug-likeness (QED) is 0.477. The van der Waals surface area contributed by atoms with Crippen LogP contribution in [0.2, 0.25) is 10.2 Å². The number of halogens is 3. The van der Waals surface area contributed by atoms with Crippen LogP contribution >= 0.6 is 23.2 Å². The molecule has 1 aliphatic rings. The van der Waals surface area contributed by atoms with Gasteiger partial charge in [-0.1, -0.05) is 40.5 Å². The van der Waals surface area contributed by atoms with Gasteiger partial charge in [0.05, 0.1) is 24.7 Å². The van der Waals surface area contributed by atoms with Crippen molar-refractivity contribution in [1.82, 2.24) is 19.9 Å². The molecule has 1 aromatic heterocycles. The minimum atomic E-state index is -1.05. The third-order valence-electron chi connectivity index (χ3n) is 5.35. The second-order valence-corrected chi connectivity index (χ2v) is 8.31. The highest BCUT2D eigenvalue weighted by Crippen LogP contribution is 2.30. The van der Waals surface area contributed by atoms with Gasteiger partial charge in [0.25, 0.3) is 0 Å². The van der Waals surface area contributed by atoms with Crippen molar-refractivity contribution in [3.63, 3.8) is 0 Å². The van der Waals surface area contributed by atoms with Crippen LogP contribution in [0.15, 0.2) is 48.7 Å². The maximum atomic E-state index is 13.3. The second kappa shape index (κ2) is 9.78. The number of benzene rings is 2. The topological polar surface area (TPSA) is 97.6 Å². The summed E-state index contributed by atoms with van der Waals surface area (Å²) in [6, 6.07) is 9.24. The van der Waals surface area contributed by atoms with Crippen molar-refractivity contribution in [2.75, 3.05) is 25.1 Å². The summed E-state index contributed by atoms with van der Waals surface area (Å²) in [6.45, 7) is -0.713. The van der Waals surface area contributed by atoms with Gasteiger partial charge in [0.15, 0.2) is 5.15 Å². The molecule has 1 atom stereocenters. The Bertz CT molecular complexity index is 1250. The number of nitrogens with zero attached hydrogens (tertiary/aromatic N) is 5. The summed E-state index contributed by atoms with van der Waals surface area (Å²) < 4.78 is 19.5. The summed E-state index contributed by atoms with van der Waals surface area (Å²) in [4.78, 5) is 41.3. The summed E-state index contributed by atoms with van der Waals surface area (Å²) in [6.07, 6.45) is 1.51. The van der Waals surface area contributed by atoms with E-state index in [1.807, 2.05) is 0 Å². The third kappa shape index (κ3) is 4.87. The number of anilines is 1. The summed E-state index contributed by atoms with van der Waals surface area (Å²) >= 11 is 12.0. The number of hydrogen-bond acceptors (Lipinski definition) is 6. The van der Waals surface area contributed by atoms with E-state index < -0.39 is 29.6 Å². The standard InChI is InChI=1S/C22H18Cl2FN5O4/c1-34-22(33)18(8-13-2-5-15(25)6-3-13)29-12-20(31)28(11-21(29)32)17-9-14(23)4-7-16(17)30-10-19(24)26-27-30/h2-7,9-10,18H,8,11-12H2,1H3. The minimum absolute atomic E-state index is 0.0614. The first-order valence-electron chi connectivity index (χ1n) is 10.1. The van der Waals surface area contributed by atoms with Crippen LogP contribution in [0.4, 0.5) is 10.1 Å².